The van der Waals surface area contributed by atoms with Crippen LogP contribution < -0.4 is 5.69 Å². The summed E-state index contributed by atoms with van der Waals surface area (Å²) in [5.74, 6) is 0.836. The van der Waals surface area contributed by atoms with Crippen LogP contribution in [0, 0.1) is 5.82 Å². The largest absolute Gasteiger partial charge is 0.432 e. The molecular formula is C23H17FN6O2. The second-order valence-electron chi connectivity index (χ2n) is 7.85. The van der Waals surface area contributed by atoms with Crippen LogP contribution in [-0.4, -0.2) is 29.3 Å². The lowest BCUT2D eigenvalue weighted by molar-refractivity contribution is 0.584. The van der Waals surface area contributed by atoms with E-state index < -0.39 is 5.69 Å². The Kier molecular flexibility index (Phi) is 4.04. The van der Waals surface area contributed by atoms with E-state index in [4.69, 9.17) is 4.42 Å². The number of rotatable bonds is 4. The summed E-state index contributed by atoms with van der Waals surface area (Å²) in [5.41, 5.74) is 2.31. The fraction of sp³-hybridized carbons (Fsp3) is 0.174. The van der Waals surface area contributed by atoms with E-state index in [-0.39, 0.29) is 17.5 Å². The van der Waals surface area contributed by atoms with Crippen LogP contribution in [0.25, 0.3) is 39.6 Å². The maximum absolute atomic E-state index is 13.5. The van der Waals surface area contributed by atoms with Crippen LogP contribution in [0.3, 0.4) is 0 Å². The van der Waals surface area contributed by atoms with Crippen molar-refractivity contribution >= 4 is 10.9 Å². The average molecular weight is 428 g/mol. The highest BCUT2D eigenvalue weighted by atomic mass is 19.1. The zero-order valence-electron chi connectivity index (χ0n) is 17.1. The van der Waals surface area contributed by atoms with Gasteiger partial charge in [-0.05, 0) is 49.2 Å². The minimum atomic E-state index is -0.437. The van der Waals surface area contributed by atoms with Crippen LogP contribution in [-0.2, 0) is 7.05 Å². The van der Waals surface area contributed by atoms with Crippen molar-refractivity contribution in [3.8, 4) is 28.7 Å². The van der Waals surface area contributed by atoms with E-state index in [1.807, 2.05) is 19.2 Å². The molecular weight excluding hydrogens is 411 g/mol. The molecule has 0 spiro atoms. The lowest BCUT2D eigenvalue weighted by atomic mass is 10.1. The maximum atomic E-state index is 13.5. The van der Waals surface area contributed by atoms with Gasteiger partial charge in [0.1, 0.15) is 11.5 Å². The highest BCUT2D eigenvalue weighted by Crippen LogP contribution is 2.38. The quantitative estimate of drug-likeness (QED) is 0.432. The number of hydrogen-bond acceptors (Lipinski definition) is 6. The standard InChI is InChI=1S/C23H17FN6O2/c1-29-19-12-25-18(10-15(19)11-26-29)22-28-21(20(32-22)14-4-6-16(24)7-5-14)30-9-8-17(13-2-3-13)27-23(30)31/h4-13H,2-3H2,1H3. The SMILES string of the molecule is Cn1ncc2cc(-c3nc(-n4ccc(C5CC5)nc4=O)c(-c4ccc(F)cc4)o3)ncc21. The molecule has 0 unspecified atom stereocenters. The first-order chi connectivity index (χ1) is 15.6. The van der Waals surface area contributed by atoms with Crippen molar-refractivity contribution in [2.45, 2.75) is 18.8 Å². The van der Waals surface area contributed by atoms with Gasteiger partial charge in [0.05, 0.1) is 23.6 Å². The van der Waals surface area contributed by atoms with E-state index in [1.54, 1.807) is 35.4 Å². The maximum Gasteiger partial charge on any atom is 0.353 e. The van der Waals surface area contributed by atoms with E-state index >= 15 is 0 Å². The van der Waals surface area contributed by atoms with Crippen LogP contribution in [0.4, 0.5) is 4.39 Å². The van der Waals surface area contributed by atoms with E-state index in [2.05, 4.69) is 20.1 Å². The van der Waals surface area contributed by atoms with E-state index in [9.17, 15) is 9.18 Å². The van der Waals surface area contributed by atoms with Crippen LogP contribution >= 0.6 is 0 Å². The topological polar surface area (TPSA) is 91.6 Å². The summed E-state index contributed by atoms with van der Waals surface area (Å²) >= 11 is 0. The molecule has 1 aliphatic rings. The minimum absolute atomic E-state index is 0.239. The van der Waals surface area contributed by atoms with Crippen LogP contribution in [0.1, 0.15) is 24.5 Å². The fourth-order valence-electron chi connectivity index (χ4n) is 3.72. The lowest BCUT2D eigenvalue weighted by Gasteiger charge is -2.05. The van der Waals surface area contributed by atoms with Gasteiger partial charge >= 0.3 is 5.69 Å². The predicted molar refractivity (Wildman–Crippen MR) is 115 cm³/mol. The number of fused-ring (bicyclic) bond motifs is 1. The summed E-state index contributed by atoms with van der Waals surface area (Å²) in [5, 5.41) is 5.11. The molecule has 4 heterocycles. The van der Waals surface area contributed by atoms with Crippen molar-refractivity contribution in [2.75, 3.05) is 0 Å². The van der Waals surface area contributed by atoms with Gasteiger partial charge in [0.25, 0.3) is 0 Å². The van der Waals surface area contributed by atoms with Gasteiger partial charge < -0.3 is 4.42 Å². The number of oxazole rings is 1. The molecule has 32 heavy (non-hydrogen) atoms. The molecule has 8 nitrogen and oxygen atoms in total. The number of aromatic nitrogens is 6. The van der Waals surface area contributed by atoms with Crippen LogP contribution in [0.5, 0.6) is 0 Å². The summed E-state index contributed by atoms with van der Waals surface area (Å²) in [6.07, 6.45) is 7.19. The summed E-state index contributed by atoms with van der Waals surface area (Å²) in [7, 11) is 1.84. The molecule has 1 fully saturated rings. The summed E-state index contributed by atoms with van der Waals surface area (Å²) in [4.78, 5) is 26.1. The van der Waals surface area contributed by atoms with Crippen LogP contribution in [0.15, 0.2) is 64.2 Å². The monoisotopic (exact) mass is 428 g/mol. The van der Waals surface area contributed by atoms with Gasteiger partial charge in [-0.1, -0.05) is 0 Å². The molecule has 0 N–H and O–H groups in total. The predicted octanol–water partition coefficient (Wildman–Crippen LogP) is 3.85. The first-order valence-corrected chi connectivity index (χ1v) is 10.2. The molecule has 6 rings (SSSR count). The van der Waals surface area contributed by atoms with Crippen molar-refractivity contribution in [3.05, 3.63) is 77.0 Å². The van der Waals surface area contributed by atoms with Crippen molar-refractivity contribution in [3.63, 3.8) is 0 Å². The molecule has 4 aromatic heterocycles. The number of nitrogens with zero attached hydrogens (tertiary/aromatic N) is 6. The fourth-order valence-corrected chi connectivity index (χ4v) is 3.72. The van der Waals surface area contributed by atoms with Crippen molar-refractivity contribution in [1.82, 2.24) is 29.3 Å². The first kappa shape index (κ1) is 18.6. The molecule has 0 atom stereocenters. The molecule has 1 aliphatic carbocycles. The number of halogens is 1. The summed E-state index contributed by atoms with van der Waals surface area (Å²) in [6, 6.07) is 9.48. The molecule has 0 radical (unpaired) electrons. The minimum Gasteiger partial charge on any atom is -0.432 e. The third-order valence-electron chi connectivity index (χ3n) is 5.62. The van der Waals surface area contributed by atoms with Gasteiger partial charge in [0.2, 0.25) is 5.89 Å². The highest BCUT2D eigenvalue weighted by molar-refractivity contribution is 5.81. The molecule has 158 valence electrons. The lowest BCUT2D eigenvalue weighted by Crippen LogP contribution is -2.22. The van der Waals surface area contributed by atoms with E-state index in [0.29, 0.717) is 22.9 Å². The van der Waals surface area contributed by atoms with Crippen molar-refractivity contribution in [2.24, 2.45) is 7.05 Å². The highest BCUT2D eigenvalue weighted by Gasteiger charge is 2.26. The van der Waals surface area contributed by atoms with Crippen molar-refractivity contribution < 1.29 is 8.81 Å². The number of benzene rings is 1. The van der Waals surface area contributed by atoms with Gasteiger partial charge in [-0.15, -0.1) is 0 Å². The van der Waals surface area contributed by atoms with Crippen molar-refractivity contribution in [1.29, 1.82) is 0 Å². The second-order valence-corrected chi connectivity index (χ2v) is 7.85. The Balaban J connectivity index is 1.52. The summed E-state index contributed by atoms with van der Waals surface area (Å²) in [6.45, 7) is 0. The Bertz CT molecular complexity index is 1530. The third-order valence-corrected chi connectivity index (χ3v) is 5.62. The molecule has 0 aliphatic heterocycles. The first-order valence-electron chi connectivity index (χ1n) is 10.2. The smallest absolute Gasteiger partial charge is 0.353 e. The van der Waals surface area contributed by atoms with Gasteiger partial charge in [0, 0.05) is 30.1 Å². The Labute approximate surface area is 181 Å². The number of hydrogen-bond donors (Lipinski definition) is 0. The van der Waals surface area contributed by atoms with E-state index in [1.165, 1.54) is 16.7 Å². The Morgan fingerprint density at radius 1 is 1.09 bits per heavy atom. The zero-order valence-corrected chi connectivity index (χ0v) is 17.1. The molecule has 0 saturated heterocycles. The molecule has 0 amide bonds. The Hall–Kier alpha value is -4.14. The summed E-state index contributed by atoms with van der Waals surface area (Å²) < 4.78 is 22.7. The van der Waals surface area contributed by atoms with Gasteiger partial charge in [-0.3, -0.25) is 4.68 Å². The van der Waals surface area contributed by atoms with Gasteiger partial charge in [0.15, 0.2) is 11.6 Å². The normalized spacial score (nSPS) is 13.7. The average Bonchev–Trinajstić information content (AvgIpc) is 3.46. The third kappa shape index (κ3) is 3.09. The van der Waals surface area contributed by atoms with Crippen LogP contribution in [0.2, 0.25) is 0 Å². The molecule has 9 heteroatoms. The van der Waals surface area contributed by atoms with E-state index in [0.717, 1.165) is 29.4 Å². The Morgan fingerprint density at radius 2 is 1.91 bits per heavy atom. The number of aryl methyl sites for hydroxylation is 1. The Morgan fingerprint density at radius 3 is 2.66 bits per heavy atom. The molecule has 1 saturated carbocycles. The van der Waals surface area contributed by atoms with Gasteiger partial charge in [-0.2, -0.15) is 15.1 Å². The second kappa shape index (κ2) is 6.94. The molecule has 5 aromatic rings. The number of pyridine rings is 1. The zero-order chi connectivity index (χ0) is 21.8. The molecule has 0 bridgehead atoms. The molecule has 1 aromatic carbocycles. The van der Waals surface area contributed by atoms with Gasteiger partial charge in [-0.25, -0.2) is 18.7 Å².